The van der Waals surface area contributed by atoms with Gasteiger partial charge in [-0.25, -0.2) is 0 Å². The Morgan fingerprint density at radius 1 is 1.14 bits per heavy atom. The minimum Gasteiger partial charge on any atom is -0.504 e. The van der Waals surface area contributed by atoms with Crippen LogP contribution in [0, 0.1) is 0 Å². The van der Waals surface area contributed by atoms with Crippen LogP contribution in [0.5, 0.6) is 11.5 Å². The van der Waals surface area contributed by atoms with Crippen LogP contribution >= 0.6 is 0 Å². The number of aromatic hydroxyl groups is 1. The van der Waals surface area contributed by atoms with Gasteiger partial charge in [0.25, 0.3) is 0 Å². The van der Waals surface area contributed by atoms with Gasteiger partial charge in [-0.15, -0.1) is 0 Å². The third kappa shape index (κ3) is 5.58. The van der Waals surface area contributed by atoms with Crippen molar-refractivity contribution in [1.29, 1.82) is 0 Å². The summed E-state index contributed by atoms with van der Waals surface area (Å²) in [6.07, 6.45) is 5.00. The highest BCUT2D eigenvalue weighted by Gasteiger charge is 2.25. The molecule has 1 aliphatic rings. The van der Waals surface area contributed by atoms with Crippen molar-refractivity contribution < 1.29 is 14.9 Å². The second-order valence-electron chi connectivity index (χ2n) is 7.22. The van der Waals surface area contributed by atoms with Crippen molar-refractivity contribution in [1.82, 2.24) is 9.80 Å². The summed E-state index contributed by atoms with van der Waals surface area (Å²) in [6.45, 7) is 4.98. The number of nitrogens with zero attached hydrogens (tertiary/aromatic N) is 2. The molecule has 2 aromatic rings. The fourth-order valence-electron chi connectivity index (χ4n) is 3.71. The van der Waals surface area contributed by atoms with Gasteiger partial charge in [0.1, 0.15) is 0 Å². The maximum absolute atomic E-state index is 9.69. The van der Waals surface area contributed by atoms with Gasteiger partial charge in [0.15, 0.2) is 11.5 Å². The number of phenols is 1. The zero-order valence-electron chi connectivity index (χ0n) is 16.5. The smallest absolute Gasteiger partial charge is 0.161 e. The van der Waals surface area contributed by atoms with Gasteiger partial charge in [-0.1, -0.05) is 48.6 Å². The molecular weight excluding hydrogens is 352 g/mol. The van der Waals surface area contributed by atoms with E-state index in [4.69, 9.17) is 4.74 Å². The lowest BCUT2D eigenvalue weighted by molar-refractivity contribution is 0.0597. The Morgan fingerprint density at radius 2 is 1.96 bits per heavy atom. The molecule has 0 aromatic heterocycles. The largest absolute Gasteiger partial charge is 0.504 e. The van der Waals surface area contributed by atoms with Crippen LogP contribution in [0.2, 0.25) is 0 Å². The molecule has 0 aliphatic carbocycles. The van der Waals surface area contributed by atoms with Gasteiger partial charge in [0.2, 0.25) is 0 Å². The molecule has 5 heteroatoms. The van der Waals surface area contributed by atoms with Gasteiger partial charge in [-0.2, -0.15) is 0 Å². The van der Waals surface area contributed by atoms with Crippen LogP contribution in [0.3, 0.4) is 0 Å². The average Bonchev–Trinajstić information content (AvgIpc) is 2.72. The molecule has 1 aliphatic heterocycles. The van der Waals surface area contributed by atoms with Crippen molar-refractivity contribution in [2.24, 2.45) is 0 Å². The third-order valence-electron chi connectivity index (χ3n) is 5.26. The van der Waals surface area contributed by atoms with E-state index in [0.29, 0.717) is 11.8 Å². The number of methoxy groups -OCH3 is 1. The maximum Gasteiger partial charge on any atom is 0.161 e. The van der Waals surface area contributed by atoms with Gasteiger partial charge in [-0.05, 0) is 29.7 Å². The van der Waals surface area contributed by atoms with E-state index in [2.05, 4.69) is 46.2 Å². The van der Waals surface area contributed by atoms with Crippen molar-refractivity contribution in [3.63, 3.8) is 0 Å². The first kappa shape index (κ1) is 20.4. The number of ether oxygens (including phenoxy) is 1. The predicted octanol–water partition coefficient (Wildman–Crippen LogP) is 2.98. The first-order valence-electron chi connectivity index (χ1n) is 9.84. The molecule has 1 fully saturated rings. The monoisotopic (exact) mass is 382 g/mol. The molecular formula is C23H30N2O3. The van der Waals surface area contributed by atoms with Crippen LogP contribution in [0.1, 0.15) is 17.5 Å². The van der Waals surface area contributed by atoms with Crippen molar-refractivity contribution >= 4 is 6.08 Å². The van der Waals surface area contributed by atoms with Gasteiger partial charge in [0, 0.05) is 45.4 Å². The van der Waals surface area contributed by atoms with Crippen LogP contribution in [-0.4, -0.2) is 66.0 Å². The lowest BCUT2D eigenvalue weighted by Crippen LogP contribution is -2.52. The number of piperazine rings is 1. The third-order valence-corrected chi connectivity index (χ3v) is 5.26. The molecule has 28 heavy (non-hydrogen) atoms. The number of benzene rings is 2. The second-order valence-corrected chi connectivity index (χ2v) is 7.22. The highest BCUT2D eigenvalue weighted by molar-refractivity contribution is 5.55. The van der Waals surface area contributed by atoms with Gasteiger partial charge >= 0.3 is 0 Å². The number of phenolic OH excluding ortho intramolecular Hbond substituents is 1. The SMILES string of the molecule is COc1cc(/C=C/CN2CCN(Cc3ccccc3)C(CCO)C2)ccc1O. The fourth-order valence-corrected chi connectivity index (χ4v) is 3.71. The molecule has 5 nitrogen and oxygen atoms in total. The summed E-state index contributed by atoms with van der Waals surface area (Å²) in [5.74, 6) is 0.640. The summed E-state index contributed by atoms with van der Waals surface area (Å²) in [6, 6.07) is 16.3. The Bertz CT molecular complexity index is 764. The van der Waals surface area contributed by atoms with E-state index in [-0.39, 0.29) is 12.4 Å². The fraction of sp³-hybridized carbons (Fsp3) is 0.391. The molecule has 0 amide bonds. The molecule has 1 unspecified atom stereocenters. The average molecular weight is 383 g/mol. The summed E-state index contributed by atoms with van der Waals surface area (Å²) in [5, 5.41) is 19.2. The van der Waals surface area contributed by atoms with E-state index in [1.54, 1.807) is 13.2 Å². The molecule has 3 rings (SSSR count). The molecule has 1 heterocycles. The normalized spacial score (nSPS) is 18.6. The van der Waals surface area contributed by atoms with Crippen LogP contribution < -0.4 is 4.74 Å². The topological polar surface area (TPSA) is 56.2 Å². The minimum atomic E-state index is 0.154. The molecule has 0 saturated carbocycles. The van der Waals surface area contributed by atoms with E-state index in [1.807, 2.05) is 18.2 Å². The highest BCUT2D eigenvalue weighted by Crippen LogP contribution is 2.26. The molecule has 2 aromatic carbocycles. The standard InChI is InChI=1S/C23H30N2O3/c1-28-23-16-19(9-10-22(23)27)8-5-12-24-13-14-25(21(18-24)11-15-26)17-20-6-3-2-4-7-20/h2-10,16,21,26-27H,11-15,17-18H2,1H3/b8-5+. The van der Waals surface area contributed by atoms with Crippen LogP contribution in [0.4, 0.5) is 0 Å². The van der Waals surface area contributed by atoms with Gasteiger partial charge < -0.3 is 14.9 Å². The number of hydrogen-bond acceptors (Lipinski definition) is 5. The van der Waals surface area contributed by atoms with Crippen LogP contribution in [0.25, 0.3) is 6.08 Å². The zero-order valence-corrected chi connectivity index (χ0v) is 16.5. The van der Waals surface area contributed by atoms with E-state index in [9.17, 15) is 10.2 Å². The summed E-state index contributed by atoms with van der Waals surface area (Å²) < 4.78 is 5.16. The second kappa shape index (κ2) is 10.3. The zero-order chi connectivity index (χ0) is 19.8. The van der Waals surface area contributed by atoms with Crippen molar-refractivity contribution in [3.05, 3.63) is 65.7 Å². The number of hydrogen-bond donors (Lipinski definition) is 2. The Morgan fingerprint density at radius 3 is 2.71 bits per heavy atom. The van der Waals surface area contributed by atoms with E-state index in [0.717, 1.165) is 44.7 Å². The minimum absolute atomic E-state index is 0.154. The number of rotatable bonds is 8. The molecule has 1 atom stereocenters. The lowest BCUT2D eigenvalue weighted by atomic mass is 10.1. The summed E-state index contributed by atoms with van der Waals surface area (Å²) in [5.41, 5.74) is 2.32. The molecule has 1 saturated heterocycles. The van der Waals surface area contributed by atoms with Crippen molar-refractivity contribution in [3.8, 4) is 11.5 Å². The Balaban J connectivity index is 1.56. The van der Waals surface area contributed by atoms with Crippen LogP contribution in [0.15, 0.2) is 54.6 Å². The quantitative estimate of drug-likeness (QED) is 0.735. The molecule has 0 spiro atoms. The first-order valence-corrected chi connectivity index (χ1v) is 9.84. The maximum atomic E-state index is 9.69. The van der Waals surface area contributed by atoms with E-state index < -0.39 is 0 Å². The molecule has 150 valence electrons. The van der Waals surface area contributed by atoms with Crippen molar-refractivity contribution in [2.45, 2.75) is 19.0 Å². The van der Waals surface area contributed by atoms with Gasteiger partial charge in [0.05, 0.1) is 7.11 Å². The molecule has 0 radical (unpaired) electrons. The number of aliphatic hydroxyl groups excluding tert-OH is 1. The molecule has 0 bridgehead atoms. The van der Waals surface area contributed by atoms with Crippen LogP contribution in [-0.2, 0) is 6.54 Å². The first-order chi connectivity index (χ1) is 13.7. The number of aliphatic hydroxyl groups is 1. The summed E-state index contributed by atoms with van der Waals surface area (Å²) >= 11 is 0. The lowest BCUT2D eigenvalue weighted by Gasteiger charge is -2.41. The highest BCUT2D eigenvalue weighted by atomic mass is 16.5. The van der Waals surface area contributed by atoms with E-state index >= 15 is 0 Å². The summed E-state index contributed by atoms with van der Waals surface area (Å²) in [7, 11) is 1.55. The van der Waals surface area contributed by atoms with Crippen molar-refractivity contribution in [2.75, 3.05) is 39.9 Å². The Labute approximate surface area is 167 Å². The summed E-state index contributed by atoms with van der Waals surface area (Å²) in [4.78, 5) is 4.91. The Kier molecular flexibility index (Phi) is 7.48. The van der Waals surface area contributed by atoms with E-state index in [1.165, 1.54) is 5.56 Å². The predicted molar refractivity (Wildman–Crippen MR) is 112 cm³/mol. The molecule has 2 N–H and O–H groups in total. The van der Waals surface area contributed by atoms with Gasteiger partial charge in [-0.3, -0.25) is 9.80 Å². The Hall–Kier alpha value is -2.34.